The van der Waals surface area contributed by atoms with Crippen LogP contribution >= 0.6 is 0 Å². The van der Waals surface area contributed by atoms with Crippen molar-refractivity contribution in [3.63, 3.8) is 0 Å². The molecule has 1 heterocycles. The summed E-state index contributed by atoms with van der Waals surface area (Å²) < 4.78 is 0. The number of carbonyl (C=O) groups is 1. The lowest BCUT2D eigenvalue weighted by molar-refractivity contribution is 0.0906. The van der Waals surface area contributed by atoms with Crippen LogP contribution in [0.15, 0.2) is 36.4 Å². The third-order valence-electron chi connectivity index (χ3n) is 4.71. The lowest BCUT2D eigenvalue weighted by Crippen LogP contribution is -2.13. The highest BCUT2D eigenvalue weighted by Gasteiger charge is 2.29. The van der Waals surface area contributed by atoms with Crippen molar-refractivity contribution < 1.29 is 9.90 Å². The summed E-state index contributed by atoms with van der Waals surface area (Å²) in [6.07, 6.45) is 1.75. The third-order valence-corrected chi connectivity index (χ3v) is 4.71. The average molecular weight is 339 g/mol. The summed E-state index contributed by atoms with van der Waals surface area (Å²) in [6.45, 7) is 3.02. The molecule has 0 bridgehead atoms. The van der Waals surface area contributed by atoms with Crippen LogP contribution in [0.25, 0.3) is 0 Å². The van der Waals surface area contributed by atoms with Crippen LogP contribution in [0.5, 0.6) is 0 Å². The Morgan fingerprint density at radius 3 is 2.84 bits per heavy atom. The Labute approximate surface area is 148 Å². The number of carbonyl (C=O) groups excluding carboxylic acids is 1. The van der Waals surface area contributed by atoms with Gasteiger partial charge in [-0.2, -0.15) is 0 Å². The zero-order valence-corrected chi connectivity index (χ0v) is 14.5. The molecule has 1 saturated carbocycles. The van der Waals surface area contributed by atoms with Gasteiger partial charge in [-0.1, -0.05) is 18.2 Å². The van der Waals surface area contributed by atoms with Crippen LogP contribution in [0.4, 0.5) is 5.82 Å². The minimum Gasteiger partial charge on any atom is -0.393 e. The van der Waals surface area contributed by atoms with Gasteiger partial charge in [0.1, 0.15) is 5.82 Å². The van der Waals surface area contributed by atoms with E-state index in [2.05, 4.69) is 10.3 Å². The minimum absolute atomic E-state index is 0.0521. The van der Waals surface area contributed by atoms with Crippen molar-refractivity contribution in [2.75, 3.05) is 5.32 Å². The van der Waals surface area contributed by atoms with Crippen LogP contribution in [0.3, 0.4) is 0 Å². The quantitative estimate of drug-likeness (QED) is 0.704. The number of aromatic nitrogens is 1. The largest absolute Gasteiger partial charge is 0.393 e. The first-order valence-electron chi connectivity index (χ1n) is 8.78. The molecule has 0 spiro atoms. The summed E-state index contributed by atoms with van der Waals surface area (Å²) in [5.41, 5.74) is 9.42. The molecule has 5 nitrogen and oxygen atoms in total. The monoisotopic (exact) mass is 339 g/mol. The van der Waals surface area contributed by atoms with E-state index >= 15 is 0 Å². The molecule has 0 amide bonds. The number of nitrogens with one attached hydrogen (secondary N) is 1. The summed E-state index contributed by atoms with van der Waals surface area (Å²) in [4.78, 5) is 17.1. The second kappa shape index (κ2) is 7.76. The molecular weight excluding hydrogens is 314 g/mol. The first-order chi connectivity index (χ1) is 12.0. The lowest BCUT2D eigenvalue weighted by atomic mass is 9.95. The van der Waals surface area contributed by atoms with Gasteiger partial charge in [-0.05, 0) is 55.5 Å². The molecule has 1 aromatic carbocycles. The van der Waals surface area contributed by atoms with E-state index in [0.29, 0.717) is 19.5 Å². The first-order valence-corrected chi connectivity index (χ1v) is 8.78. The number of aryl methyl sites for hydroxylation is 1. The van der Waals surface area contributed by atoms with E-state index in [1.807, 2.05) is 43.3 Å². The topological polar surface area (TPSA) is 88.2 Å². The van der Waals surface area contributed by atoms with Gasteiger partial charge in [-0.15, -0.1) is 0 Å². The predicted molar refractivity (Wildman–Crippen MR) is 98.3 cm³/mol. The van der Waals surface area contributed by atoms with Gasteiger partial charge < -0.3 is 16.2 Å². The molecule has 132 valence electrons. The Bertz CT molecular complexity index is 760. The van der Waals surface area contributed by atoms with E-state index in [1.54, 1.807) is 0 Å². The maximum absolute atomic E-state index is 12.6. The Morgan fingerprint density at radius 2 is 2.12 bits per heavy atom. The van der Waals surface area contributed by atoms with Crippen molar-refractivity contribution >= 4 is 11.6 Å². The van der Waals surface area contributed by atoms with Crippen LogP contribution in [0, 0.1) is 12.8 Å². The van der Waals surface area contributed by atoms with Gasteiger partial charge in [-0.25, -0.2) is 4.98 Å². The molecule has 1 unspecified atom stereocenters. The van der Waals surface area contributed by atoms with Crippen LogP contribution in [-0.2, 0) is 13.1 Å². The number of nitrogens with two attached hydrogens (primary N) is 1. The Hall–Kier alpha value is -2.24. The summed E-state index contributed by atoms with van der Waals surface area (Å²) in [5.74, 6) is 0.873. The summed E-state index contributed by atoms with van der Waals surface area (Å²) in [5, 5.41) is 12.9. The maximum atomic E-state index is 12.6. The molecule has 3 rings (SSSR count). The molecule has 1 aromatic heterocycles. The van der Waals surface area contributed by atoms with Gasteiger partial charge in [0.05, 0.1) is 6.10 Å². The molecule has 1 aliphatic rings. The fraction of sp³-hybridized carbons (Fsp3) is 0.400. The summed E-state index contributed by atoms with van der Waals surface area (Å²) >= 11 is 0. The van der Waals surface area contributed by atoms with Gasteiger partial charge in [0, 0.05) is 30.3 Å². The van der Waals surface area contributed by atoms with Gasteiger partial charge >= 0.3 is 0 Å². The van der Waals surface area contributed by atoms with Crippen LogP contribution in [-0.4, -0.2) is 22.0 Å². The van der Waals surface area contributed by atoms with Gasteiger partial charge in [-0.3, -0.25) is 4.79 Å². The van der Waals surface area contributed by atoms with E-state index < -0.39 is 0 Å². The molecular formula is C20H25N3O2. The Balaban J connectivity index is 1.68. The van der Waals surface area contributed by atoms with E-state index in [9.17, 15) is 9.90 Å². The average Bonchev–Trinajstić information content (AvgIpc) is 3.05. The summed E-state index contributed by atoms with van der Waals surface area (Å²) in [6, 6.07) is 11.6. The van der Waals surface area contributed by atoms with E-state index in [1.165, 1.54) is 0 Å². The van der Waals surface area contributed by atoms with Gasteiger partial charge in [0.25, 0.3) is 0 Å². The number of aliphatic hydroxyl groups is 1. The van der Waals surface area contributed by atoms with Gasteiger partial charge in [0.2, 0.25) is 0 Å². The highest BCUT2D eigenvalue weighted by atomic mass is 16.3. The molecule has 2 aromatic rings. The molecule has 2 atom stereocenters. The Kier molecular flexibility index (Phi) is 5.46. The standard InChI is InChI=1S/C20H25N3O2/c1-13-7-15(11-21)9-19(23-13)22-12-14-3-2-4-16(8-14)20(25)17-5-6-18(24)10-17/h2-4,7-9,17-18,24H,5-6,10-12,21H2,1H3,(H,22,23)/t17?,18-/m0/s1. The highest BCUT2D eigenvalue weighted by molar-refractivity contribution is 5.98. The molecule has 0 radical (unpaired) electrons. The molecule has 0 aliphatic heterocycles. The van der Waals surface area contributed by atoms with E-state index in [-0.39, 0.29) is 17.8 Å². The molecule has 4 N–H and O–H groups in total. The zero-order valence-electron chi connectivity index (χ0n) is 14.5. The van der Waals surface area contributed by atoms with Crippen molar-refractivity contribution in [3.8, 4) is 0 Å². The van der Waals surface area contributed by atoms with Crippen LogP contribution < -0.4 is 11.1 Å². The predicted octanol–water partition coefficient (Wildman–Crippen LogP) is 2.80. The van der Waals surface area contributed by atoms with Crippen LogP contribution in [0.2, 0.25) is 0 Å². The van der Waals surface area contributed by atoms with E-state index in [0.717, 1.165) is 41.0 Å². The number of pyridine rings is 1. The number of ketones is 1. The maximum Gasteiger partial charge on any atom is 0.166 e. The highest BCUT2D eigenvalue weighted by Crippen LogP contribution is 2.28. The molecule has 1 aliphatic carbocycles. The fourth-order valence-electron chi connectivity index (χ4n) is 3.41. The number of nitrogens with zero attached hydrogens (tertiary/aromatic N) is 1. The second-order valence-electron chi connectivity index (χ2n) is 6.79. The number of hydrogen-bond donors (Lipinski definition) is 3. The van der Waals surface area contributed by atoms with Crippen molar-refractivity contribution in [2.24, 2.45) is 11.7 Å². The number of hydrogen-bond acceptors (Lipinski definition) is 5. The number of rotatable bonds is 6. The number of benzene rings is 1. The molecule has 25 heavy (non-hydrogen) atoms. The fourth-order valence-corrected chi connectivity index (χ4v) is 3.41. The summed E-state index contributed by atoms with van der Waals surface area (Å²) in [7, 11) is 0. The third kappa shape index (κ3) is 4.44. The number of Topliss-reactive ketones (excluding diaryl/α,β-unsaturated/α-hetero) is 1. The SMILES string of the molecule is Cc1cc(CN)cc(NCc2cccc(C(=O)C3CC[C@H](O)C3)c2)n1. The Morgan fingerprint density at radius 1 is 1.28 bits per heavy atom. The molecule has 0 saturated heterocycles. The first kappa shape index (κ1) is 17.6. The number of anilines is 1. The molecule has 5 heteroatoms. The van der Waals surface area contributed by atoms with Crippen molar-refractivity contribution in [3.05, 3.63) is 58.8 Å². The number of aliphatic hydroxyl groups excluding tert-OH is 1. The van der Waals surface area contributed by atoms with Crippen molar-refractivity contribution in [2.45, 2.75) is 45.4 Å². The molecule has 1 fully saturated rings. The van der Waals surface area contributed by atoms with Gasteiger partial charge in [0.15, 0.2) is 5.78 Å². The lowest BCUT2D eigenvalue weighted by Gasteiger charge is -2.11. The van der Waals surface area contributed by atoms with Crippen molar-refractivity contribution in [1.82, 2.24) is 4.98 Å². The second-order valence-corrected chi connectivity index (χ2v) is 6.79. The van der Waals surface area contributed by atoms with Crippen molar-refractivity contribution in [1.29, 1.82) is 0 Å². The normalized spacial score (nSPS) is 19.8. The van der Waals surface area contributed by atoms with E-state index in [4.69, 9.17) is 5.73 Å². The van der Waals surface area contributed by atoms with Crippen LogP contribution in [0.1, 0.15) is 46.4 Å². The smallest absolute Gasteiger partial charge is 0.166 e. The zero-order chi connectivity index (χ0) is 17.8. The minimum atomic E-state index is -0.331.